The Balaban J connectivity index is 2.02. The Kier molecular flexibility index (Phi) is 5.17. The quantitative estimate of drug-likeness (QED) is 0.900. The molecule has 0 aromatic heterocycles. The van der Waals surface area contributed by atoms with Crippen molar-refractivity contribution in [1.82, 2.24) is 10.2 Å². The number of nitrogens with one attached hydrogen (secondary N) is 2. The van der Waals surface area contributed by atoms with Gasteiger partial charge in [0.05, 0.1) is 0 Å². The molecule has 5 heteroatoms. The fourth-order valence-corrected chi connectivity index (χ4v) is 3.56. The van der Waals surface area contributed by atoms with E-state index in [0.717, 1.165) is 24.5 Å². The van der Waals surface area contributed by atoms with Gasteiger partial charge in [0.15, 0.2) is 0 Å². The molecule has 0 radical (unpaired) electrons. The van der Waals surface area contributed by atoms with Gasteiger partial charge in [0.1, 0.15) is 0 Å². The first-order valence-electron chi connectivity index (χ1n) is 7.38. The predicted octanol–water partition coefficient (Wildman–Crippen LogP) is 3.33. The number of carbonyl (C=O) groups excluding carboxylic acids is 1. The maximum atomic E-state index is 12.4. The third-order valence-electron chi connectivity index (χ3n) is 3.78. The number of amides is 2. The molecule has 0 aliphatic carbocycles. The van der Waals surface area contributed by atoms with Crippen LogP contribution in [0.2, 0.25) is 0 Å². The van der Waals surface area contributed by atoms with Gasteiger partial charge in [0, 0.05) is 35.3 Å². The van der Waals surface area contributed by atoms with Gasteiger partial charge >= 0.3 is 6.03 Å². The molecule has 1 unspecified atom stereocenters. The van der Waals surface area contributed by atoms with E-state index < -0.39 is 0 Å². The van der Waals surface area contributed by atoms with E-state index in [4.69, 9.17) is 0 Å². The van der Waals surface area contributed by atoms with Gasteiger partial charge in [-0.25, -0.2) is 4.79 Å². The molecule has 1 atom stereocenters. The number of hydrogen-bond acceptors (Lipinski definition) is 3. The smallest absolute Gasteiger partial charge is 0.321 e. The minimum absolute atomic E-state index is 0.00219. The largest absolute Gasteiger partial charge is 0.322 e. The first-order valence-corrected chi connectivity index (χ1v) is 8.37. The molecule has 2 rings (SSSR count). The van der Waals surface area contributed by atoms with Crippen molar-refractivity contribution in [3.8, 4) is 0 Å². The van der Waals surface area contributed by atoms with Gasteiger partial charge in [0.2, 0.25) is 0 Å². The van der Waals surface area contributed by atoms with E-state index in [1.807, 2.05) is 41.9 Å². The van der Waals surface area contributed by atoms with Crippen LogP contribution in [0.5, 0.6) is 0 Å². The minimum atomic E-state index is -0.00219. The molecule has 0 bridgehead atoms. The van der Waals surface area contributed by atoms with Crippen LogP contribution in [0.15, 0.2) is 24.3 Å². The van der Waals surface area contributed by atoms with Crippen LogP contribution >= 0.6 is 11.8 Å². The summed E-state index contributed by atoms with van der Waals surface area (Å²) in [6.07, 6.45) is 0. The average molecular weight is 307 g/mol. The summed E-state index contributed by atoms with van der Waals surface area (Å²) in [4.78, 5) is 14.3. The lowest BCUT2D eigenvalue weighted by Gasteiger charge is -2.37. The minimum Gasteiger partial charge on any atom is -0.322 e. The third kappa shape index (κ3) is 4.38. The lowest BCUT2D eigenvalue weighted by molar-refractivity contribution is 0.208. The highest BCUT2D eigenvalue weighted by Crippen LogP contribution is 2.29. The SMILES string of the molecule is CNC(C)c1cccc(NC(=O)N2CCSC(C)(C)C2)c1. The molecular formula is C16H25N3OS. The monoisotopic (exact) mass is 307 g/mol. The second-order valence-corrected chi connectivity index (χ2v) is 7.90. The van der Waals surface area contributed by atoms with E-state index in [2.05, 4.69) is 37.5 Å². The van der Waals surface area contributed by atoms with Gasteiger partial charge in [-0.2, -0.15) is 11.8 Å². The zero-order valence-corrected chi connectivity index (χ0v) is 14.1. The van der Waals surface area contributed by atoms with E-state index in [1.165, 1.54) is 5.56 Å². The number of carbonyl (C=O) groups is 1. The number of rotatable bonds is 3. The lowest BCUT2D eigenvalue weighted by Crippen LogP contribution is -2.47. The van der Waals surface area contributed by atoms with Crippen molar-refractivity contribution in [2.45, 2.75) is 31.6 Å². The van der Waals surface area contributed by atoms with E-state index in [1.54, 1.807) is 0 Å². The average Bonchev–Trinajstić information content (AvgIpc) is 2.45. The van der Waals surface area contributed by atoms with Crippen molar-refractivity contribution in [2.24, 2.45) is 0 Å². The normalized spacial score (nSPS) is 19.1. The molecule has 4 nitrogen and oxygen atoms in total. The predicted molar refractivity (Wildman–Crippen MR) is 91.0 cm³/mol. The van der Waals surface area contributed by atoms with Crippen molar-refractivity contribution in [3.63, 3.8) is 0 Å². The van der Waals surface area contributed by atoms with Crippen LogP contribution in [0.25, 0.3) is 0 Å². The maximum absolute atomic E-state index is 12.4. The second kappa shape index (κ2) is 6.71. The van der Waals surface area contributed by atoms with Crippen LogP contribution in [-0.2, 0) is 0 Å². The Labute approximate surface area is 131 Å². The first-order chi connectivity index (χ1) is 9.91. The number of hydrogen-bond donors (Lipinski definition) is 2. The van der Waals surface area contributed by atoms with Gasteiger partial charge in [-0.15, -0.1) is 0 Å². The Hall–Kier alpha value is -1.20. The fraction of sp³-hybridized carbons (Fsp3) is 0.562. The van der Waals surface area contributed by atoms with E-state index in [9.17, 15) is 4.79 Å². The van der Waals surface area contributed by atoms with Crippen LogP contribution in [0.1, 0.15) is 32.4 Å². The molecule has 1 aliphatic rings. The molecule has 1 aromatic rings. The summed E-state index contributed by atoms with van der Waals surface area (Å²) < 4.78 is 0.137. The highest BCUT2D eigenvalue weighted by atomic mass is 32.2. The summed E-state index contributed by atoms with van der Waals surface area (Å²) in [5.74, 6) is 0.997. The Morgan fingerprint density at radius 3 is 2.86 bits per heavy atom. The molecule has 21 heavy (non-hydrogen) atoms. The maximum Gasteiger partial charge on any atom is 0.321 e. The number of urea groups is 1. The number of thioether (sulfide) groups is 1. The van der Waals surface area contributed by atoms with Gasteiger partial charge in [-0.1, -0.05) is 12.1 Å². The fourth-order valence-electron chi connectivity index (χ4n) is 2.44. The van der Waals surface area contributed by atoms with Crippen LogP contribution in [0, 0.1) is 0 Å². The molecule has 1 fully saturated rings. The summed E-state index contributed by atoms with van der Waals surface area (Å²) >= 11 is 1.93. The van der Waals surface area contributed by atoms with Crippen molar-refractivity contribution in [1.29, 1.82) is 0 Å². The van der Waals surface area contributed by atoms with Crippen LogP contribution < -0.4 is 10.6 Å². The third-order valence-corrected chi connectivity index (χ3v) is 5.08. The van der Waals surface area contributed by atoms with Gasteiger partial charge in [-0.3, -0.25) is 0 Å². The molecular weight excluding hydrogens is 282 g/mol. The molecule has 1 aromatic carbocycles. The highest BCUT2D eigenvalue weighted by molar-refractivity contribution is 8.00. The number of nitrogens with zero attached hydrogens (tertiary/aromatic N) is 1. The van der Waals surface area contributed by atoms with Gasteiger partial charge in [0.25, 0.3) is 0 Å². The van der Waals surface area contributed by atoms with Crippen LogP contribution in [0.3, 0.4) is 0 Å². The zero-order chi connectivity index (χ0) is 15.5. The molecule has 1 heterocycles. The molecule has 0 spiro atoms. The molecule has 1 aliphatic heterocycles. The number of benzene rings is 1. The van der Waals surface area contributed by atoms with Gasteiger partial charge in [-0.05, 0) is 45.5 Å². The van der Waals surface area contributed by atoms with Gasteiger partial charge < -0.3 is 15.5 Å². The van der Waals surface area contributed by atoms with Crippen molar-refractivity contribution in [2.75, 3.05) is 31.2 Å². The molecule has 0 saturated carbocycles. The molecule has 2 amide bonds. The van der Waals surface area contributed by atoms with E-state index >= 15 is 0 Å². The summed E-state index contributed by atoms with van der Waals surface area (Å²) in [6, 6.07) is 8.28. The summed E-state index contributed by atoms with van der Waals surface area (Å²) in [5.41, 5.74) is 2.03. The van der Waals surface area contributed by atoms with Crippen LogP contribution in [0.4, 0.5) is 10.5 Å². The molecule has 2 N–H and O–H groups in total. The number of anilines is 1. The standard InChI is InChI=1S/C16H25N3OS/c1-12(17-4)13-6-5-7-14(10-13)18-15(20)19-8-9-21-16(2,3)11-19/h5-7,10,12,17H,8-9,11H2,1-4H3,(H,18,20). The van der Waals surface area contributed by atoms with E-state index in [0.29, 0.717) is 0 Å². The van der Waals surface area contributed by atoms with Crippen LogP contribution in [-0.4, -0.2) is 41.6 Å². The van der Waals surface area contributed by atoms with Crippen molar-refractivity contribution < 1.29 is 4.79 Å². The topological polar surface area (TPSA) is 44.4 Å². The van der Waals surface area contributed by atoms with Crippen molar-refractivity contribution in [3.05, 3.63) is 29.8 Å². The van der Waals surface area contributed by atoms with Crippen molar-refractivity contribution >= 4 is 23.5 Å². The zero-order valence-electron chi connectivity index (χ0n) is 13.3. The summed E-state index contributed by atoms with van der Waals surface area (Å²) in [7, 11) is 1.93. The summed E-state index contributed by atoms with van der Waals surface area (Å²) in [6.45, 7) is 8.08. The Bertz CT molecular complexity index is 504. The Morgan fingerprint density at radius 1 is 1.43 bits per heavy atom. The summed E-state index contributed by atoms with van der Waals surface area (Å²) in [5, 5.41) is 6.23. The Morgan fingerprint density at radius 2 is 2.19 bits per heavy atom. The first kappa shape index (κ1) is 16.2. The van der Waals surface area contributed by atoms with E-state index in [-0.39, 0.29) is 16.8 Å². The molecule has 116 valence electrons. The molecule has 1 saturated heterocycles. The second-order valence-electron chi connectivity index (χ2n) is 6.10. The lowest BCUT2D eigenvalue weighted by atomic mass is 10.1. The highest BCUT2D eigenvalue weighted by Gasteiger charge is 2.29.